The average molecular weight is 375 g/mol. The molecule has 7 nitrogen and oxygen atoms in total. The van der Waals surface area contributed by atoms with Crippen molar-refractivity contribution in [1.29, 1.82) is 0 Å². The van der Waals surface area contributed by atoms with Crippen LogP contribution in [0.25, 0.3) is 0 Å². The van der Waals surface area contributed by atoms with E-state index < -0.39 is 16.0 Å². The highest BCUT2D eigenvalue weighted by Gasteiger charge is 2.22. The fourth-order valence-electron chi connectivity index (χ4n) is 2.97. The first-order valence-corrected chi connectivity index (χ1v) is 9.99. The molecule has 1 aliphatic rings. The number of pyridine rings is 1. The van der Waals surface area contributed by atoms with Gasteiger partial charge in [0.2, 0.25) is 0 Å². The summed E-state index contributed by atoms with van der Waals surface area (Å²) >= 11 is 0. The summed E-state index contributed by atoms with van der Waals surface area (Å²) in [4.78, 5) is 17.8. The van der Waals surface area contributed by atoms with Crippen molar-refractivity contribution in [2.24, 2.45) is 0 Å². The minimum absolute atomic E-state index is 0.00608. The van der Waals surface area contributed by atoms with Crippen LogP contribution in [0.5, 0.6) is 0 Å². The number of nitrogens with one attached hydrogen (secondary N) is 1. The number of hydrogen-bond acceptors (Lipinski definition) is 5. The minimum Gasteiger partial charge on any atom is -0.478 e. The smallest absolute Gasteiger partial charge is 0.339 e. The van der Waals surface area contributed by atoms with Crippen LogP contribution in [0.2, 0.25) is 0 Å². The number of anilines is 2. The number of aromatic carboxylic acids is 1. The van der Waals surface area contributed by atoms with Crippen molar-refractivity contribution in [2.45, 2.75) is 31.1 Å². The molecule has 1 aromatic heterocycles. The second-order valence-electron chi connectivity index (χ2n) is 6.20. The number of benzene rings is 1. The third kappa shape index (κ3) is 3.80. The summed E-state index contributed by atoms with van der Waals surface area (Å²) in [6, 6.07) is 7.90. The Morgan fingerprint density at radius 2 is 1.88 bits per heavy atom. The van der Waals surface area contributed by atoms with Crippen LogP contribution in [0.4, 0.5) is 11.5 Å². The molecule has 8 heteroatoms. The van der Waals surface area contributed by atoms with Crippen LogP contribution in [-0.4, -0.2) is 37.6 Å². The molecule has 2 heterocycles. The summed E-state index contributed by atoms with van der Waals surface area (Å²) in [5, 5.41) is 9.48. The molecular formula is C18H21N3O4S. The molecule has 0 bridgehead atoms. The van der Waals surface area contributed by atoms with Gasteiger partial charge in [-0.05, 0) is 43.0 Å². The summed E-state index contributed by atoms with van der Waals surface area (Å²) < 4.78 is 27.5. The summed E-state index contributed by atoms with van der Waals surface area (Å²) in [5.74, 6) is -0.752. The zero-order valence-corrected chi connectivity index (χ0v) is 15.3. The van der Waals surface area contributed by atoms with E-state index >= 15 is 0 Å². The van der Waals surface area contributed by atoms with Gasteiger partial charge in [0, 0.05) is 13.1 Å². The Kier molecular flexibility index (Phi) is 5.13. The van der Waals surface area contributed by atoms with Crippen molar-refractivity contribution in [3.63, 3.8) is 0 Å². The number of aromatic nitrogens is 1. The Hall–Kier alpha value is -2.61. The highest BCUT2D eigenvalue weighted by Crippen LogP contribution is 2.26. The van der Waals surface area contributed by atoms with Gasteiger partial charge in [-0.3, -0.25) is 4.72 Å². The van der Waals surface area contributed by atoms with Crippen LogP contribution >= 0.6 is 0 Å². The van der Waals surface area contributed by atoms with Gasteiger partial charge in [-0.15, -0.1) is 0 Å². The summed E-state index contributed by atoms with van der Waals surface area (Å²) in [7, 11) is -3.81. The Bertz CT molecular complexity index is 905. The van der Waals surface area contributed by atoms with Crippen LogP contribution < -0.4 is 9.62 Å². The number of carboxylic acid groups (broad SMARTS) is 1. The van der Waals surface area contributed by atoms with Crippen LogP contribution in [0, 0.1) is 0 Å². The summed E-state index contributed by atoms with van der Waals surface area (Å²) in [5.41, 5.74) is 1.16. The van der Waals surface area contributed by atoms with Crippen molar-refractivity contribution >= 4 is 27.5 Å². The molecule has 0 radical (unpaired) electrons. The van der Waals surface area contributed by atoms with Crippen molar-refractivity contribution in [3.05, 3.63) is 47.7 Å². The molecule has 138 valence electrons. The lowest BCUT2D eigenvalue weighted by Gasteiger charge is -2.19. The van der Waals surface area contributed by atoms with Crippen molar-refractivity contribution < 1.29 is 18.3 Å². The van der Waals surface area contributed by atoms with Crippen molar-refractivity contribution in [3.8, 4) is 0 Å². The Labute approximate surface area is 152 Å². The predicted octanol–water partition coefficient (Wildman–Crippen LogP) is 2.74. The maximum atomic E-state index is 12.5. The lowest BCUT2D eigenvalue weighted by molar-refractivity contribution is 0.0697. The Morgan fingerprint density at radius 3 is 2.46 bits per heavy atom. The van der Waals surface area contributed by atoms with E-state index in [9.17, 15) is 18.3 Å². The average Bonchev–Trinajstić information content (AvgIpc) is 3.16. The quantitative estimate of drug-likeness (QED) is 0.805. The zero-order chi connectivity index (χ0) is 18.7. The first kappa shape index (κ1) is 18.2. The number of rotatable bonds is 6. The molecular weight excluding hydrogens is 354 g/mol. The SMILES string of the molecule is CCc1ccc(S(=O)(=O)Nc2cnc(N3CCCC3)c(C(=O)O)c2)cc1. The van der Waals surface area contributed by atoms with Crippen molar-refractivity contribution in [2.75, 3.05) is 22.7 Å². The first-order valence-electron chi connectivity index (χ1n) is 8.51. The van der Waals surface area contributed by atoms with Gasteiger partial charge < -0.3 is 10.0 Å². The lowest BCUT2D eigenvalue weighted by Crippen LogP contribution is -2.22. The van der Waals surface area contributed by atoms with Gasteiger partial charge in [-0.2, -0.15) is 0 Å². The molecule has 0 amide bonds. The molecule has 0 unspecified atom stereocenters. The molecule has 0 atom stereocenters. The molecule has 1 aliphatic heterocycles. The van der Waals surface area contributed by atoms with Crippen molar-refractivity contribution in [1.82, 2.24) is 4.98 Å². The van der Waals surface area contributed by atoms with E-state index in [1.807, 2.05) is 11.8 Å². The van der Waals surface area contributed by atoms with Gasteiger partial charge in [0.25, 0.3) is 10.0 Å². The number of carbonyl (C=O) groups is 1. The number of carboxylic acids is 1. The van der Waals surface area contributed by atoms with Gasteiger partial charge in [0.05, 0.1) is 16.8 Å². The number of nitrogens with zero attached hydrogens (tertiary/aromatic N) is 2. The summed E-state index contributed by atoms with van der Waals surface area (Å²) in [6.07, 6.45) is 4.15. The van der Waals surface area contributed by atoms with Crippen LogP contribution in [0.1, 0.15) is 35.7 Å². The molecule has 3 rings (SSSR count). The normalized spacial score (nSPS) is 14.4. The minimum atomic E-state index is -3.81. The van der Waals surface area contributed by atoms with Crippen LogP contribution in [-0.2, 0) is 16.4 Å². The summed E-state index contributed by atoms with van der Waals surface area (Å²) in [6.45, 7) is 3.49. The van der Waals surface area contributed by atoms with Gasteiger partial charge in [-0.1, -0.05) is 19.1 Å². The Morgan fingerprint density at radius 1 is 1.23 bits per heavy atom. The third-order valence-electron chi connectivity index (χ3n) is 4.40. The maximum absolute atomic E-state index is 12.5. The molecule has 0 aliphatic carbocycles. The second-order valence-corrected chi connectivity index (χ2v) is 7.88. The topological polar surface area (TPSA) is 99.6 Å². The molecule has 2 aromatic rings. The van der Waals surface area contributed by atoms with Gasteiger partial charge >= 0.3 is 5.97 Å². The Balaban J connectivity index is 1.88. The molecule has 2 N–H and O–H groups in total. The monoisotopic (exact) mass is 375 g/mol. The van der Waals surface area contributed by atoms with Gasteiger partial charge in [0.15, 0.2) is 0 Å². The standard InChI is InChI=1S/C18H21N3O4S/c1-2-13-5-7-15(8-6-13)26(24,25)20-14-11-16(18(22)23)17(19-12-14)21-9-3-4-10-21/h5-8,11-12,20H,2-4,9-10H2,1H3,(H,22,23). The zero-order valence-electron chi connectivity index (χ0n) is 14.5. The molecule has 26 heavy (non-hydrogen) atoms. The van der Waals surface area contributed by atoms with E-state index in [4.69, 9.17) is 0 Å². The van der Waals surface area contributed by atoms with Gasteiger partial charge in [0.1, 0.15) is 11.4 Å². The van der Waals surface area contributed by atoms with E-state index in [0.29, 0.717) is 5.82 Å². The molecule has 0 spiro atoms. The van der Waals surface area contributed by atoms with E-state index in [2.05, 4.69) is 9.71 Å². The lowest BCUT2D eigenvalue weighted by atomic mass is 10.2. The number of hydrogen-bond donors (Lipinski definition) is 2. The number of aryl methyl sites for hydroxylation is 1. The van der Waals surface area contributed by atoms with E-state index in [1.54, 1.807) is 12.1 Å². The largest absolute Gasteiger partial charge is 0.478 e. The molecule has 1 aromatic carbocycles. The van der Waals surface area contributed by atoms with E-state index in [0.717, 1.165) is 37.9 Å². The highest BCUT2D eigenvalue weighted by atomic mass is 32.2. The fourth-order valence-corrected chi connectivity index (χ4v) is 4.00. The van der Waals surface area contributed by atoms with Crippen LogP contribution in [0.3, 0.4) is 0 Å². The number of sulfonamides is 1. The molecule has 1 fully saturated rings. The second kappa shape index (κ2) is 7.33. The van der Waals surface area contributed by atoms with E-state index in [-0.39, 0.29) is 16.1 Å². The maximum Gasteiger partial charge on any atom is 0.339 e. The van der Waals surface area contributed by atoms with Gasteiger partial charge in [-0.25, -0.2) is 18.2 Å². The third-order valence-corrected chi connectivity index (χ3v) is 5.79. The van der Waals surface area contributed by atoms with E-state index in [1.165, 1.54) is 24.4 Å². The molecule has 1 saturated heterocycles. The fraction of sp³-hybridized carbons (Fsp3) is 0.333. The molecule has 0 saturated carbocycles. The van der Waals surface area contributed by atoms with Crippen LogP contribution in [0.15, 0.2) is 41.4 Å². The highest BCUT2D eigenvalue weighted by molar-refractivity contribution is 7.92. The predicted molar refractivity (Wildman–Crippen MR) is 99.3 cm³/mol. The first-order chi connectivity index (χ1) is 12.4.